The molecule has 0 bridgehead atoms. The summed E-state index contributed by atoms with van der Waals surface area (Å²) >= 11 is 1.43. The van der Waals surface area contributed by atoms with E-state index in [1.165, 1.54) is 17.2 Å². The van der Waals surface area contributed by atoms with Crippen LogP contribution in [0.25, 0.3) is 10.1 Å². The van der Waals surface area contributed by atoms with Crippen molar-refractivity contribution in [3.63, 3.8) is 0 Å². The summed E-state index contributed by atoms with van der Waals surface area (Å²) in [4.78, 5) is 14.9. The summed E-state index contributed by atoms with van der Waals surface area (Å²) in [5.41, 5.74) is 1.24. The van der Waals surface area contributed by atoms with Gasteiger partial charge in [0.15, 0.2) is 5.82 Å². The number of hydrogen-bond acceptors (Lipinski definition) is 4. The number of fused-ring (bicyclic) bond motifs is 1. The summed E-state index contributed by atoms with van der Waals surface area (Å²) in [6, 6.07) is 18.4. The van der Waals surface area contributed by atoms with Crippen LogP contribution in [0.2, 0.25) is 0 Å². The lowest BCUT2D eigenvalue weighted by atomic mass is 9.95. The highest BCUT2D eigenvalue weighted by atomic mass is 32.1. The van der Waals surface area contributed by atoms with Gasteiger partial charge < -0.3 is 10.2 Å². The summed E-state index contributed by atoms with van der Waals surface area (Å²) in [6.07, 6.45) is 1.76. The van der Waals surface area contributed by atoms with Crippen LogP contribution >= 0.6 is 11.5 Å². The Morgan fingerprint density at radius 2 is 1.75 bits per heavy atom. The van der Waals surface area contributed by atoms with Crippen molar-refractivity contribution in [3.8, 4) is 0 Å². The highest BCUT2D eigenvalue weighted by molar-refractivity contribution is 7.13. The third kappa shape index (κ3) is 2.99. The molecule has 2 aromatic carbocycles. The number of rotatable bonds is 3. The van der Waals surface area contributed by atoms with Crippen molar-refractivity contribution in [2.24, 2.45) is 5.92 Å². The molecule has 122 valence electrons. The quantitative estimate of drug-likeness (QED) is 0.781. The van der Waals surface area contributed by atoms with Crippen LogP contribution in [0.1, 0.15) is 12.8 Å². The van der Waals surface area contributed by atoms with Crippen molar-refractivity contribution in [2.45, 2.75) is 12.8 Å². The Labute approximate surface area is 145 Å². The number of nitrogens with zero attached hydrogens (tertiary/aromatic N) is 2. The molecule has 5 heteroatoms. The Kier molecular flexibility index (Phi) is 4.17. The predicted octanol–water partition coefficient (Wildman–Crippen LogP) is 4.15. The van der Waals surface area contributed by atoms with E-state index in [4.69, 9.17) is 0 Å². The maximum atomic E-state index is 12.6. The van der Waals surface area contributed by atoms with Crippen molar-refractivity contribution < 1.29 is 4.79 Å². The molecule has 0 atom stereocenters. The molecule has 1 fully saturated rings. The maximum Gasteiger partial charge on any atom is 0.228 e. The first-order chi connectivity index (χ1) is 11.8. The van der Waals surface area contributed by atoms with E-state index >= 15 is 0 Å². The predicted molar refractivity (Wildman–Crippen MR) is 99.6 cm³/mol. The summed E-state index contributed by atoms with van der Waals surface area (Å²) in [6.45, 7) is 1.83. The van der Waals surface area contributed by atoms with Gasteiger partial charge in [0.05, 0.1) is 4.70 Å². The zero-order valence-electron chi connectivity index (χ0n) is 13.3. The zero-order chi connectivity index (χ0) is 16.4. The van der Waals surface area contributed by atoms with Gasteiger partial charge in [-0.2, -0.15) is 4.37 Å². The van der Waals surface area contributed by atoms with Crippen LogP contribution < -0.4 is 10.2 Å². The first-order valence-corrected chi connectivity index (χ1v) is 9.04. The van der Waals surface area contributed by atoms with Crippen LogP contribution in [-0.2, 0) is 4.79 Å². The number of nitrogens with one attached hydrogen (secondary N) is 1. The fourth-order valence-corrected chi connectivity index (χ4v) is 3.97. The monoisotopic (exact) mass is 337 g/mol. The fourth-order valence-electron chi connectivity index (χ4n) is 3.23. The lowest BCUT2D eigenvalue weighted by molar-refractivity contribution is -0.120. The van der Waals surface area contributed by atoms with Crippen molar-refractivity contribution in [1.29, 1.82) is 0 Å². The van der Waals surface area contributed by atoms with Gasteiger partial charge in [-0.15, -0.1) is 0 Å². The summed E-state index contributed by atoms with van der Waals surface area (Å²) in [5.74, 6) is 0.857. The number of anilines is 2. The SMILES string of the molecule is O=C(Nc1nsc2ccccc12)C1CCN(c2ccccc2)CC1. The highest BCUT2D eigenvalue weighted by Gasteiger charge is 2.25. The van der Waals surface area contributed by atoms with Crippen LogP contribution in [0.3, 0.4) is 0 Å². The van der Waals surface area contributed by atoms with Gasteiger partial charge in [-0.3, -0.25) is 4.79 Å². The normalized spacial score (nSPS) is 15.6. The second-order valence-electron chi connectivity index (χ2n) is 6.11. The summed E-state index contributed by atoms with van der Waals surface area (Å²) in [7, 11) is 0. The number of piperidine rings is 1. The zero-order valence-corrected chi connectivity index (χ0v) is 14.1. The number of amides is 1. The first kappa shape index (κ1) is 15.1. The third-order valence-corrected chi connectivity index (χ3v) is 5.43. The molecule has 0 aliphatic carbocycles. The second kappa shape index (κ2) is 6.61. The van der Waals surface area contributed by atoms with E-state index in [2.05, 4.69) is 38.9 Å². The van der Waals surface area contributed by atoms with Gasteiger partial charge in [0.2, 0.25) is 5.91 Å². The Bertz CT molecular complexity index is 838. The van der Waals surface area contributed by atoms with Crippen molar-refractivity contribution in [2.75, 3.05) is 23.3 Å². The van der Waals surface area contributed by atoms with Crippen LogP contribution in [0.4, 0.5) is 11.5 Å². The Morgan fingerprint density at radius 1 is 1.04 bits per heavy atom. The molecule has 4 nitrogen and oxygen atoms in total. The molecular formula is C19H19N3OS. The molecule has 1 aromatic heterocycles. The van der Waals surface area contributed by atoms with Crippen LogP contribution in [0, 0.1) is 5.92 Å². The first-order valence-electron chi connectivity index (χ1n) is 8.26. The Morgan fingerprint density at radius 3 is 2.54 bits per heavy atom. The highest BCUT2D eigenvalue weighted by Crippen LogP contribution is 2.28. The molecule has 0 radical (unpaired) electrons. The molecule has 1 N–H and O–H groups in total. The van der Waals surface area contributed by atoms with Gasteiger partial charge in [-0.05, 0) is 48.6 Å². The maximum absolute atomic E-state index is 12.6. The number of benzene rings is 2. The van der Waals surface area contributed by atoms with Crippen LogP contribution in [0.15, 0.2) is 54.6 Å². The Hall–Kier alpha value is -2.40. The average Bonchev–Trinajstić information content (AvgIpc) is 3.06. The molecule has 24 heavy (non-hydrogen) atoms. The van der Waals surface area contributed by atoms with Crippen molar-refractivity contribution in [3.05, 3.63) is 54.6 Å². The lowest BCUT2D eigenvalue weighted by Gasteiger charge is -2.32. The van der Waals surface area contributed by atoms with Gasteiger partial charge in [0.1, 0.15) is 0 Å². The topological polar surface area (TPSA) is 45.2 Å². The van der Waals surface area contributed by atoms with E-state index in [-0.39, 0.29) is 11.8 Å². The molecule has 1 amide bonds. The molecule has 0 spiro atoms. The van der Waals surface area contributed by atoms with Crippen LogP contribution in [0.5, 0.6) is 0 Å². The number of hydrogen-bond donors (Lipinski definition) is 1. The Balaban J connectivity index is 1.40. The molecule has 0 saturated carbocycles. The number of carbonyl (C=O) groups excluding carboxylic acids is 1. The van der Waals surface area contributed by atoms with E-state index < -0.39 is 0 Å². The summed E-state index contributed by atoms with van der Waals surface area (Å²) < 4.78 is 5.50. The molecule has 2 heterocycles. The standard InChI is InChI=1S/C19H19N3OS/c23-19(20-18-16-8-4-5-9-17(16)24-21-18)14-10-12-22(13-11-14)15-6-2-1-3-7-15/h1-9,14H,10-13H2,(H,20,21,23). The van der Waals surface area contributed by atoms with Gasteiger partial charge in [-0.25, -0.2) is 0 Å². The van der Waals surface area contributed by atoms with Gasteiger partial charge in [-0.1, -0.05) is 30.3 Å². The van der Waals surface area contributed by atoms with E-state index in [0.717, 1.165) is 36.0 Å². The number of aromatic nitrogens is 1. The molecule has 1 aliphatic heterocycles. The molecule has 4 rings (SSSR count). The van der Waals surface area contributed by atoms with Crippen LogP contribution in [-0.4, -0.2) is 23.4 Å². The lowest BCUT2D eigenvalue weighted by Crippen LogP contribution is -2.38. The number of para-hydroxylation sites is 1. The minimum atomic E-state index is 0.0606. The smallest absolute Gasteiger partial charge is 0.228 e. The fraction of sp³-hybridized carbons (Fsp3) is 0.263. The third-order valence-electron chi connectivity index (χ3n) is 4.61. The molecule has 3 aromatic rings. The van der Waals surface area contributed by atoms with E-state index in [1.54, 1.807) is 0 Å². The molecule has 0 unspecified atom stereocenters. The average molecular weight is 337 g/mol. The largest absolute Gasteiger partial charge is 0.371 e. The van der Waals surface area contributed by atoms with Gasteiger partial charge >= 0.3 is 0 Å². The second-order valence-corrected chi connectivity index (χ2v) is 6.92. The minimum Gasteiger partial charge on any atom is -0.371 e. The molecular weight excluding hydrogens is 318 g/mol. The summed E-state index contributed by atoms with van der Waals surface area (Å²) in [5, 5.41) is 4.06. The van der Waals surface area contributed by atoms with E-state index in [0.29, 0.717) is 5.82 Å². The van der Waals surface area contributed by atoms with Gasteiger partial charge in [0.25, 0.3) is 0 Å². The number of carbonyl (C=O) groups is 1. The van der Waals surface area contributed by atoms with Crippen molar-refractivity contribution in [1.82, 2.24) is 4.37 Å². The van der Waals surface area contributed by atoms with E-state index in [9.17, 15) is 4.79 Å². The minimum absolute atomic E-state index is 0.0606. The van der Waals surface area contributed by atoms with Crippen molar-refractivity contribution >= 4 is 39.0 Å². The molecule has 1 saturated heterocycles. The van der Waals surface area contributed by atoms with E-state index in [1.807, 2.05) is 30.3 Å². The van der Waals surface area contributed by atoms with Gasteiger partial charge in [0, 0.05) is 30.1 Å². The molecule has 1 aliphatic rings.